The van der Waals surface area contributed by atoms with Crippen LogP contribution >= 0.6 is 0 Å². The molecule has 0 amide bonds. The number of sulfonamides is 1. The highest BCUT2D eigenvalue weighted by Gasteiger charge is 2.28. The quantitative estimate of drug-likeness (QED) is 0.901. The van der Waals surface area contributed by atoms with Gasteiger partial charge in [-0.3, -0.25) is 0 Å². The standard InChI is InChI=1S/C15H25N3O2S/c1-3-9-16-14-7-4-5-8-15(14)21(19,20)18-11-6-10-17(2)12-13-18/h4-5,7-8,16H,3,6,9-13H2,1-2H3. The number of hydrogen-bond donors (Lipinski definition) is 1. The summed E-state index contributed by atoms with van der Waals surface area (Å²) in [5.74, 6) is 0. The van der Waals surface area contributed by atoms with E-state index in [2.05, 4.69) is 17.1 Å². The molecule has 21 heavy (non-hydrogen) atoms. The van der Waals surface area contributed by atoms with Crippen LogP contribution < -0.4 is 5.32 Å². The van der Waals surface area contributed by atoms with Crippen molar-refractivity contribution in [3.05, 3.63) is 24.3 Å². The lowest BCUT2D eigenvalue weighted by atomic mass is 10.3. The van der Waals surface area contributed by atoms with E-state index in [4.69, 9.17) is 0 Å². The van der Waals surface area contributed by atoms with Gasteiger partial charge in [0.1, 0.15) is 4.90 Å². The third-order valence-corrected chi connectivity index (χ3v) is 5.71. The third-order valence-electron chi connectivity index (χ3n) is 3.75. The molecular weight excluding hydrogens is 286 g/mol. The average Bonchev–Trinajstić information content (AvgIpc) is 2.70. The molecule has 0 aromatic heterocycles. The number of rotatable bonds is 5. The van der Waals surface area contributed by atoms with Gasteiger partial charge in [0.25, 0.3) is 0 Å². The molecule has 1 heterocycles. The maximum Gasteiger partial charge on any atom is 0.245 e. The second-order valence-electron chi connectivity index (χ2n) is 5.48. The minimum atomic E-state index is -3.43. The molecule has 1 N–H and O–H groups in total. The van der Waals surface area contributed by atoms with E-state index in [9.17, 15) is 8.42 Å². The first kappa shape index (κ1) is 16.3. The minimum Gasteiger partial charge on any atom is -0.384 e. The zero-order valence-electron chi connectivity index (χ0n) is 12.9. The molecule has 0 aliphatic carbocycles. The number of para-hydroxylation sites is 1. The van der Waals surface area contributed by atoms with Gasteiger partial charge in [-0.25, -0.2) is 8.42 Å². The Morgan fingerprint density at radius 2 is 1.90 bits per heavy atom. The normalized spacial score (nSPS) is 18.4. The van der Waals surface area contributed by atoms with Crippen molar-refractivity contribution in [1.82, 2.24) is 9.21 Å². The molecule has 1 saturated heterocycles. The summed E-state index contributed by atoms with van der Waals surface area (Å²) >= 11 is 0. The van der Waals surface area contributed by atoms with Crippen LogP contribution in [0.4, 0.5) is 5.69 Å². The van der Waals surface area contributed by atoms with Crippen LogP contribution in [0.2, 0.25) is 0 Å². The maximum absolute atomic E-state index is 12.9. The summed E-state index contributed by atoms with van der Waals surface area (Å²) in [6, 6.07) is 7.19. The summed E-state index contributed by atoms with van der Waals surface area (Å²) in [7, 11) is -1.39. The van der Waals surface area contributed by atoms with E-state index < -0.39 is 10.0 Å². The summed E-state index contributed by atoms with van der Waals surface area (Å²) < 4.78 is 27.4. The monoisotopic (exact) mass is 311 g/mol. The SMILES string of the molecule is CCCNc1ccccc1S(=O)(=O)N1CCCN(C)CC1. The van der Waals surface area contributed by atoms with Crippen LogP contribution in [-0.4, -0.2) is 57.4 Å². The van der Waals surface area contributed by atoms with Crippen molar-refractivity contribution in [3.8, 4) is 0 Å². The highest BCUT2D eigenvalue weighted by atomic mass is 32.2. The van der Waals surface area contributed by atoms with Gasteiger partial charge in [-0.05, 0) is 38.6 Å². The van der Waals surface area contributed by atoms with Gasteiger partial charge < -0.3 is 10.2 Å². The predicted molar refractivity (Wildman–Crippen MR) is 86.1 cm³/mol. The summed E-state index contributed by atoms with van der Waals surface area (Å²) in [6.07, 6.45) is 1.84. The number of anilines is 1. The first-order valence-electron chi connectivity index (χ1n) is 7.57. The predicted octanol–water partition coefficient (Wildman–Crippen LogP) is 1.83. The van der Waals surface area contributed by atoms with Gasteiger partial charge in [-0.1, -0.05) is 19.1 Å². The molecule has 1 aliphatic rings. The minimum absolute atomic E-state index is 0.392. The second kappa shape index (κ2) is 7.24. The largest absolute Gasteiger partial charge is 0.384 e. The third kappa shape index (κ3) is 3.96. The first-order valence-corrected chi connectivity index (χ1v) is 9.01. The van der Waals surface area contributed by atoms with Gasteiger partial charge in [-0.15, -0.1) is 0 Å². The Morgan fingerprint density at radius 3 is 2.67 bits per heavy atom. The zero-order valence-corrected chi connectivity index (χ0v) is 13.7. The molecule has 0 saturated carbocycles. The van der Waals surface area contributed by atoms with Gasteiger partial charge in [0, 0.05) is 26.2 Å². The number of nitrogens with zero attached hydrogens (tertiary/aromatic N) is 2. The zero-order chi connectivity index (χ0) is 15.3. The summed E-state index contributed by atoms with van der Waals surface area (Å²) in [5, 5.41) is 3.22. The van der Waals surface area contributed by atoms with E-state index in [1.165, 1.54) is 0 Å². The Bertz CT molecular complexity index is 560. The van der Waals surface area contributed by atoms with E-state index in [1.807, 2.05) is 19.2 Å². The lowest BCUT2D eigenvalue weighted by Gasteiger charge is -2.22. The fourth-order valence-corrected chi connectivity index (χ4v) is 4.14. The van der Waals surface area contributed by atoms with Crippen LogP contribution in [0.15, 0.2) is 29.2 Å². The van der Waals surface area contributed by atoms with Gasteiger partial charge in [0.05, 0.1) is 5.69 Å². The molecule has 0 radical (unpaired) electrons. The Balaban J connectivity index is 2.26. The molecule has 0 bridgehead atoms. The molecular formula is C15H25N3O2S. The van der Waals surface area contributed by atoms with E-state index >= 15 is 0 Å². The van der Waals surface area contributed by atoms with Crippen molar-refractivity contribution in [1.29, 1.82) is 0 Å². The Morgan fingerprint density at radius 1 is 1.14 bits per heavy atom. The number of hydrogen-bond acceptors (Lipinski definition) is 4. The van der Waals surface area contributed by atoms with Crippen molar-refractivity contribution in [2.45, 2.75) is 24.7 Å². The van der Waals surface area contributed by atoms with Gasteiger partial charge in [0.15, 0.2) is 0 Å². The first-order chi connectivity index (χ1) is 10.1. The number of benzene rings is 1. The summed E-state index contributed by atoms with van der Waals surface area (Å²) in [5.41, 5.74) is 0.706. The molecule has 1 aromatic rings. The van der Waals surface area contributed by atoms with Crippen LogP contribution in [0.3, 0.4) is 0 Å². The lowest BCUT2D eigenvalue weighted by molar-refractivity contribution is 0.347. The van der Waals surface area contributed by atoms with Gasteiger partial charge in [0.2, 0.25) is 10.0 Å². The van der Waals surface area contributed by atoms with Crippen molar-refractivity contribution in [2.24, 2.45) is 0 Å². The Hall–Kier alpha value is -1.11. The molecule has 1 fully saturated rings. The number of nitrogens with one attached hydrogen (secondary N) is 1. The fourth-order valence-electron chi connectivity index (χ4n) is 2.50. The molecule has 2 rings (SSSR count). The summed E-state index contributed by atoms with van der Waals surface area (Å²) in [4.78, 5) is 2.57. The van der Waals surface area contributed by atoms with Crippen LogP contribution in [0.25, 0.3) is 0 Å². The van der Waals surface area contributed by atoms with E-state index in [1.54, 1.807) is 16.4 Å². The highest BCUT2D eigenvalue weighted by Crippen LogP contribution is 2.25. The van der Waals surface area contributed by atoms with Crippen molar-refractivity contribution in [3.63, 3.8) is 0 Å². The molecule has 0 unspecified atom stereocenters. The Labute approximate surface area is 128 Å². The van der Waals surface area contributed by atoms with Crippen molar-refractivity contribution >= 4 is 15.7 Å². The van der Waals surface area contributed by atoms with Crippen LogP contribution in [0, 0.1) is 0 Å². The molecule has 1 aromatic carbocycles. The van der Waals surface area contributed by atoms with E-state index in [0.717, 1.165) is 32.5 Å². The fraction of sp³-hybridized carbons (Fsp3) is 0.600. The van der Waals surface area contributed by atoms with Crippen molar-refractivity contribution in [2.75, 3.05) is 45.1 Å². The van der Waals surface area contributed by atoms with Crippen LogP contribution in [0.1, 0.15) is 19.8 Å². The molecule has 0 atom stereocenters. The highest BCUT2D eigenvalue weighted by molar-refractivity contribution is 7.89. The topological polar surface area (TPSA) is 52.7 Å². The van der Waals surface area contributed by atoms with Crippen LogP contribution in [0.5, 0.6) is 0 Å². The molecule has 0 spiro atoms. The van der Waals surface area contributed by atoms with Crippen LogP contribution in [-0.2, 0) is 10.0 Å². The van der Waals surface area contributed by atoms with E-state index in [0.29, 0.717) is 23.7 Å². The average molecular weight is 311 g/mol. The number of likely N-dealkylation sites (N-methyl/N-ethyl adjacent to an activating group) is 1. The Kier molecular flexibility index (Phi) is 5.61. The van der Waals surface area contributed by atoms with E-state index in [-0.39, 0.29) is 0 Å². The smallest absolute Gasteiger partial charge is 0.245 e. The molecule has 5 nitrogen and oxygen atoms in total. The molecule has 6 heteroatoms. The lowest BCUT2D eigenvalue weighted by Crippen LogP contribution is -2.34. The molecule has 1 aliphatic heterocycles. The molecule has 118 valence electrons. The maximum atomic E-state index is 12.9. The second-order valence-corrected chi connectivity index (χ2v) is 7.39. The van der Waals surface area contributed by atoms with Crippen molar-refractivity contribution < 1.29 is 8.42 Å². The summed E-state index contributed by atoms with van der Waals surface area (Å²) in [6.45, 7) is 5.71. The van der Waals surface area contributed by atoms with Gasteiger partial charge in [-0.2, -0.15) is 4.31 Å². The van der Waals surface area contributed by atoms with Gasteiger partial charge >= 0.3 is 0 Å².